The van der Waals surface area contributed by atoms with Gasteiger partial charge in [0.15, 0.2) is 0 Å². The Labute approximate surface area is 238 Å². The number of benzene rings is 3. The first-order valence-electron chi connectivity index (χ1n) is 13.3. The second kappa shape index (κ2) is 13.5. The van der Waals surface area contributed by atoms with Gasteiger partial charge in [-0.1, -0.05) is 62.4 Å². The number of ether oxygens (including phenoxy) is 1. The summed E-state index contributed by atoms with van der Waals surface area (Å²) < 4.78 is 34.5. The number of carbonyl (C=O) groups excluding carboxylic acids is 2. The number of nitrogens with zero attached hydrogens (tertiary/aromatic N) is 2. The van der Waals surface area contributed by atoms with Crippen LogP contribution < -0.4 is 14.4 Å². The number of amides is 2. The minimum absolute atomic E-state index is 0.0412. The second-order valence-electron chi connectivity index (χ2n) is 10.3. The van der Waals surface area contributed by atoms with Crippen molar-refractivity contribution < 1.29 is 22.7 Å². The molecule has 3 aromatic carbocycles. The van der Waals surface area contributed by atoms with E-state index in [1.54, 1.807) is 37.3 Å². The Morgan fingerprint density at radius 3 is 2.20 bits per heavy atom. The van der Waals surface area contributed by atoms with Crippen LogP contribution in [0, 0.1) is 19.8 Å². The number of carbonyl (C=O) groups is 2. The first-order chi connectivity index (χ1) is 18.9. The summed E-state index contributed by atoms with van der Waals surface area (Å²) in [6, 6.07) is 19.9. The van der Waals surface area contributed by atoms with Crippen molar-refractivity contribution in [3.05, 3.63) is 89.5 Å². The third-order valence-corrected chi connectivity index (χ3v) is 8.44. The van der Waals surface area contributed by atoms with Crippen molar-refractivity contribution in [3.63, 3.8) is 0 Å². The van der Waals surface area contributed by atoms with Gasteiger partial charge in [0.1, 0.15) is 18.3 Å². The minimum atomic E-state index is -4.18. The lowest BCUT2D eigenvalue weighted by Gasteiger charge is -2.33. The van der Waals surface area contributed by atoms with Gasteiger partial charge >= 0.3 is 0 Å². The topological polar surface area (TPSA) is 96.0 Å². The molecule has 3 rings (SSSR count). The van der Waals surface area contributed by atoms with Gasteiger partial charge in [-0.2, -0.15) is 0 Å². The zero-order chi connectivity index (χ0) is 29.4. The second-order valence-corrected chi connectivity index (χ2v) is 12.1. The number of methoxy groups -OCH3 is 1. The Morgan fingerprint density at radius 2 is 1.57 bits per heavy atom. The van der Waals surface area contributed by atoms with E-state index >= 15 is 0 Å². The molecule has 0 bridgehead atoms. The fourth-order valence-electron chi connectivity index (χ4n) is 4.23. The molecule has 40 heavy (non-hydrogen) atoms. The highest BCUT2D eigenvalue weighted by Gasteiger charge is 2.34. The molecule has 0 heterocycles. The van der Waals surface area contributed by atoms with Crippen molar-refractivity contribution in [3.8, 4) is 5.75 Å². The van der Waals surface area contributed by atoms with E-state index in [1.165, 1.54) is 24.1 Å². The number of rotatable bonds is 12. The molecule has 0 saturated carbocycles. The van der Waals surface area contributed by atoms with Crippen molar-refractivity contribution in [1.29, 1.82) is 0 Å². The van der Waals surface area contributed by atoms with Crippen LogP contribution in [0.4, 0.5) is 5.69 Å². The molecule has 0 aliphatic heterocycles. The molecule has 214 valence electrons. The van der Waals surface area contributed by atoms with Crippen LogP contribution in [0.3, 0.4) is 0 Å². The molecule has 0 aliphatic carbocycles. The highest BCUT2D eigenvalue weighted by molar-refractivity contribution is 7.92. The predicted octanol–water partition coefficient (Wildman–Crippen LogP) is 4.70. The SMILES string of the molecule is COc1ccc(C)cc1N(CC(=O)N(Cc1ccccc1C)C(C)C(=O)NCC(C)C)S(=O)(=O)c1ccccc1. The van der Waals surface area contributed by atoms with Gasteiger partial charge in [0, 0.05) is 13.1 Å². The molecule has 3 aromatic rings. The molecule has 0 fully saturated rings. The number of nitrogens with one attached hydrogen (secondary N) is 1. The van der Waals surface area contributed by atoms with Gasteiger partial charge in [-0.25, -0.2) is 8.42 Å². The average molecular weight is 566 g/mol. The highest BCUT2D eigenvalue weighted by atomic mass is 32.2. The van der Waals surface area contributed by atoms with Crippen molar-refractivity contribution in [2.75, 3.05) is 24.5 Å². The van der Waals surface area contributed by atoms with Crippen LogP contribution in [0.5, 0.6) is 5.75 Å². The summed E-state index contributed by atoms with van der Waals surface area (Å²) in [4.78, 5) is 28.7. The van der Waals surface area contributed by atoms with E-state index in [0.717, 1.165) is 21.0 Å². The Hall–Kier alpha value is -3.85. The van der Waals surface area contributed by atoms with Crippen LogP contribution in [0.1, 0.15) is 37.5 Å². The van der Waals surface area contributed by atoms with E-state index in [9.17, 15) is 18.0 Å². The molecule has 9 heteroatoms. The fourth-order valence-corrected chi connectivity index (χ4v) is 5.67. The highest BCUT2D eigenvalue weighted by Crippen LogP contribution is 2.33. The first-order valence-corrected chi connectivity index (χ1v) is 14.7. The van der Waals surface area contributed by atoms with Gasteiger partial charge in [0.05, 0.1) is 17.7 Å². The van der Waals surface area contributed by atoms with Crippen molar-refractivity contribution in [2.24, 2.45) is 5.92 Å². The summed E-state index contributed by atoms with van der Waals surface area (Å²) in [6.45, 7) is 9.50. The lowest BCUT2D eigenvalue weighted by molar-refractivity contribution is -0.139. The molecule has 1 atom stereocenters. The van der Waals surface area contributed by atoms with Crippen LogP contribution in [0.25, 0.3) is 0 Å². The Morgan fingerprint density at radius 1 is 0.925 bits per heavy atom. The van der Waals surface area contributed by atoms with Crippen molar-refractivity contribution in [1.82, 2.24) is 10.2 Å². The van der Waals surface area contributed by atoms with E-state index in [-0.39, 0.29) is 29.0 Å². The quantitative estimate of drug-likeness (QED) is 0.344. The van der Waals surface area contributed by atoms with Crippen LogP contribution in [0.15, 0.2) is 77.7 Å². The van der Waals surface area contributed by atoms with Gasteiger partial charge in [-0.3, -0.25) is 13.9 Å². The van der Waals surface area contributed by atoms with E-state index in [4.69, 9.17) is 4.74 Å². The maximum atomic E-state index is 14.1. The summed E-state index contributed by atoms with van der Waals surface area (Å²) in [5.74, 6) is -0.275. The molecular formula is C31H39N3O5S. The van der Waals surface area contributed by atoms with Gasteiger partial charge in [0.2, 0.25) is 11.8 Å². The third kappa shape index (κ3) is 7.41. The van der Waals surface area contributed by atoms with Crippen molar-refractivity contribution in [2.45, 2.75) is 52.1 Å². The molecule has 0 saturated heterocycles. The smallest absolute Gasteiger partial charge is 0.264 e. The molecule has 1 unspecified atom stereocenters. The van der Waals surface area contributed by atoms with E-state index < -0.39 is 28.5 Å². The molecule has 8 nitrogen and oxygen atoms in total. The molecule has 0 aromatic heterocycles. The maximum absolute atomic E-state index is 14.1. The van der Waals surface area contributed by atoms with Gasteiger partial charge in [0.25, 0.3) is 10.0 Å². The van der Waals surface area contributed by atoms with Gasteiger partial charge in [-0.05, 0) is 67.6 Å². The normalized spacial score (nSPS) is 12.1. The zero-order valence-electron chi connectivity index (χ0n) is 24.0. The number of sulfonamides is 1. The number of anilines is 1. The summed E-state index contributed by atoms with van der Waals surface area (Å²) >= 11 is 0. The summed E-state index contributed by atoms with van der Waals surface area (Å²) in [5, 5.41) is 2.90. The third-order valence-electron chi connectivity index (χ3n) is 6.67. The van der Waals surface area contributed by atoms with Crippen LogP contribution in [-0.4, -0.2) is 51.4 Å². The monoisotopic (exact) mass is 565 g/mol. The standard InChI is InChI=1S/C31H39N3O5S/c1-22(2)19-32-31(36)25(5)33(20-26-13-11-10-12-24(26)4)30(35)21-34(28-18-23(3)16-17-29(28)39-6)40(37,38)27-14-8-7-9-15-27/h7-18,22,25H,19-21H2,1-6H3,(H,32,36). The van der Waals surface area contributed by atoms with E-state index in [2.05, 4.69) is 5.32 Å². The molecular weight excluding hydrogens is 526 g/mol. The lowest BCUT2D eigenvalue weighted by Crippen LogP contribution is -2.51. The lowest BCUT2D eigenvalue weighted by atomic mass is 10.1. The Balaban J connectivity index is 2.08. The van der Waals surface area contributed by atoms with Crippen molar-refractivity contribution >= 4 is 27.5 Å². The average Bonchev–Trinajstić information content (AvgIpc) is 2.94. The summed E-state index contributed by atoms with van der Waals surface area (Å²) in [5.41, 5.74) is 2.87. The number of hydrogen-bond acceptors (Lipinski definition) is 5. The number of aryl methyl sites for hydroxylation is 2. The Kier molecular flexibility index (Phi) is 10.3. The largest absolute Gasteiger partial charge is 0.495 e. The molecule has 2 amide bonds. The molecule has 0 radical (unpaired) electrons. The minimum Gasteiger partial charge on any atom is -0.495 e. The van der Waals surface area contributed by atoms with Gasteiger partial charge < -0.3 is 15.0 Å². The van der Waals surface area contributed by atoms with E-state index in [1.807, 2.05) is 58.0 Å². The fraction of sp³-hybridized carbons (Fsp3) is 0.355. The Bertz CT molecular complexity index is 1420. The zero-order valence-corrected chi connectivity index (χ0v) is 24.9. The van der Waals surface area contributed by atoms with Crippen LogP contribution >= 0.6 is 0 Å². The van der Waals surface area contributed by atoms with Crippen LogP contribution in [0.2, 0.25) is 0 Å². The molecule has 0 aliphatic rings. The summed E-state index contributed by atoms with van der Waals surface area (Å²) in [7, 11) is -2.72. The maximum Gasteiger partial charge on any atom is 0.264 e. The molecule has 1 N–H and O–H groups in total. The molecule has 0 spiro atoms. The number of hydrogen-bond donors (Lipinski definition) is 1. The predicted molar refractivity (Wildman–Crippen MR) is 158 cm³/mol. The van der Waals surface area contributed by atoms with E-state index in [0.29, 0.717) is 12.3 Å². The van der Waals surface area contributed by atoms with Gasteiger partial charge in [-0.15, -0.1) is 0 Å². The first kappa shape index (κ1) is 30.7. The van der Waals surface area contributed by atoms with Crippen LogP contribution in [-0.2, 0) is 26.2 Å². The summed E-state index contributed by atoms with van der Waals surface area (Å²) in [6.07, 6.45) is 0.